The minimum atomic E-state index is -0.703. The molecule has 0 radical (unpaired) electrons. The van der Waals surface area contributed by atoms with Gasteiger partial charge in [0.05, 0.1) is 10.8 Å². The fourth-order valence-electron chi connectivity index (χ4n) is 3.44. The van der Waals surface area contributed by atoms with Crippen LogP contribution in [0.1, 0.15) is 42.7 Å². The molecule has 1 aromatic rings. The average Bonchev–Trinajstić information content (AvgIpc) is 2.81. The standard InChI is InChI=1S/C15H17NO5/c1-20-15-8-3-2-4-11(15)14-10(7-9-16(18)19)12(17)5-6-13(14)21-15/h5-7,9,11,17H,2-4,8H2,1H3/b9-7+/t11?,15-/m0/s1. The molecule has 0 aromatic heterocycles. The topological polar surface area (TPSA) is 81.8 Å². The van der Waals surface area contributed by atoms with Crippen LogP contribution < -0.4 is 4.74 Å². The van der Waals surface area contributed by atoms with Gasteiger partial charge in [0.25, 0.3) is 0 Å². The second kappa shape index (κ2) is 5.04. The molecule has 0 bridgehead atoms. The Morgan fingerprint density at radius 2 is 2.33 bits per heavy atom. The first kappa shape index (κ1) is 13.9. The number of hydrogen-bond acceptors (Lipinski definition) is 5. The molecular formula is C15H17NO5. The highest BCUT2D eigenvalue weighted by atomic mass is 16.7. The summed E-state index contributed by atoms with van der Waals surface area (Å²) >= 11 is 0. The third-order valence-electron chi connectivity index (χ3n) is 4.36. The summed E-state index contributed by atoms with van der Waals surface area (Å²) in [4.78, 5) is 10.0. The van der Waals surface area contributed by atoms with Crippen molar-refractivity contribution in [3.8, 4) is 11.5 Å². The lowest BCUT2D eigenvalue weighted by Gasteiger charge is -2.36. The van der Waals surface area contributed by atoms with Gasteiger partial charge in [0.2, 0.25) is 12.0 Å². The SMILES string of the molecule is CO[C@]12CCCCC1c1c(ccc(O)c1/C=C/[N+](=O)[O-])O2. The number of nitrogens with zero attached hydrogens (tertiary/aromatic N) is 1. The fraction of sp³-hybridized carbons (Fsp3) is 0.467. The van der Waals surface area contributed by atoms with Crippen LogP contribution in [0.5, 0.6) is 11.5 Å². The number of fused-ring (bicyclic) bond motifs is 3. The van der Waals surface area contributed by atoms with E-state index >= 15 is 0 Å². The number of ether oxygens (including phenoxy) is 2. The molecule has 112 valence electrons. The summed E-state index contributed by atoms with van der Waals surface area (Å²) in [7, 11) is 1.62. The predicted octanol–water partition coefficient (Wildman–Crippen LogP) is 3.03. The van der Waals surface area contributed by atoms with Gasteiger partial charge in [-0.1, -0.05) is 6.42 Å². The molecule has 21 heavy (non-hydrogen) atoms. The van der Waals surface area contributed by atoms with E-state index in [0.29, 0.717) is 11.3 Å². The summed E-state index contributed by atoms with van der Waals surface area (Å²) in [5, 5.41) is 20.6. The Kier molecular flexibility index (Phi) is 3.33. The molecule has 0 saturated heterocycles. The third kappa shape index (κ3) is 2.15. The Bertz CT molecular complexity index is 612. The van der Waals surface area contributed by atoms with Gasteiger partial charge in [-0.15, -0.1) is 0 Å². The van der Waals surface area contributed by atoms with E-state index < -0.39 is 10.7 Å². The van der Waals surface area contributed by atoms with E-state index in [2.05, 4.69) is 0 Å². The maximum Gasteiger partial charge on any atom is 0.235 e. The number of benzene rings is 1. The summed E-state index contributed by atoms with van der Waals surface area (Å²) in [6, 6.07) is 3.20. The normalized spacial score (nSPS) is 27.2. The van der Waals surface area contributed by atoms with Gasteiger partial charge >= 0.3 is 0 Å². The van der Waals surface area contributed by atoms with Crippen LogP contribution in [-0.2, 0) is 4.74 Å². The van der Waals surface area contributed by atoms with Gasteiger partial charge in [0, 0.05) is 30.7 Å². The monoisotopic (exact) mass is 291 g/mol. The molecule has 1 aliphatic carbocycles. The molecule has 1 aliphatic heterocycles. The van der Waals surface area contributed by atoms with Crippen molar-refractivity contribution in [2.75, 3.05) is 7.11 Å². The largest absolute Gasteiger partial charge is 0.507 e. The second-order valence-electron chi connectivity index (χ2n) is 5.43. The summed E-state index contributed by atoms with van der Waals surface area (Å²) in [5.74, 6) is -0.0480. The number of rotatable bonds is 3. The van der Waals surface area contributed by atoms with Gasteiger partial charge in [0.15, 0.2) is 0 Å². The zero-order chi connectivity index (χ0) is 15.0. The van der Waals surface area contributed by atoms with Gasteiger partial charge in [-0.25, -0.2) is 0 Å². The molecule has 6 nitrogen and oxygen atoms in total. The van der Waals surface area contributed by atoms with Crippen LogP contribution in [0, 0.1) is 10.1 Å². The quantitative estimate of drug-likeness (QED) is 0.683. The summed E-state index contributed by atoms with van der Waals surface area (Å²) < 4.78 is 11.7. The lowest BCUT2D eigenvalue weighted by atomic mass is 9.78. The maximum absolute atomic E-state index is 10.6. The van der Waals surface area contributed by atoms with E-state index in [4.69, 9.17) is 9.47 Å². The van der Waals surface area contributed by atoms with Crippen LogP contribution in [0.2, 0.25) is 0 Å². The van der Waals surface area contributed by atoms with E-state index in [-0.39, 0.29) is 11.7 Å². The van der Waals surface area contributed by atoms with Crippen LogP contribution in [0.15, 0.2) is 18.3 Å². The summed E-state index contributed by atoms with van der Waals surface area (Å²) in [6.07, 6.45) is 5.89. The molecule has 0 amide bonds. The van der Waals surface area contributed by atoms with E-state index in [1.165, 1.54) is 12.1 Å². The number of methoxy groups -OCH3 is 1. The first-order valence-electron chi connectivity index (χ1n) is 6.99. The van der Waals surface area contributed by atoms with Gasteiger partial charge < -0.3 is 14.6 Å². The molecule has 3 rings (SSSR count). The van der Waals surface area contributed by atoms with Crippen molar-refractivity contribution in [3.05, 3.63) is 39.6 Å². The van der Waals surface area contributed by atoms with E-state index in [1.54, 1.807) is 13.2 Å². The predicted molar refractivity (Wildman–Crippen MR) is 75.7 cm³/mol. The Morgan fingerprint density at radius 3 is 3.05 bits per heavy atom. The first-order chi connectivity index (χ1) is 10.1. The molecule has 6 heteroatoms. The minimum Gasteiger partial charge on any atom is -0.507 e. The summed E-state index contributed by atoms with van der Waals surface area (Å²) in [5.41, 5.74) is 1.27. The van der Waals surface area contributed by atoms with E-state index in [9.17, 15) is 15.2 Å². The smallest absolute Gasteiger partial charge is 0.235 e. The lowest BCUT2D eigenvalue weighted by Crippen LogP contribution is -2.42. The van der Waals surface area contributed by atoms with Crippen LogP contribution in [0.25, 0.3) is 6.08 Å². The van der Waals surface area contributed by atoms with Crippen LogP contribution in [0.4, 0.5) is 0 Å². The zero-order valence-electron chi connectivity index (χ0n) is 11.7. The number of nitro groups is 1. The van der Waals surface area contributed by atoms with E-state index in [0.717, 1.165) is 37.4 Å². The molecule has 1 aromatic carbocycles. The highest BCUT2D eigenvalue weighted by molar-refractivity contribution is 5.66. The van der Waals surface area contributed by atoms with Crippen molar-refractivity contribution < 1.29 is 19.5 Å². The highest BCUT2D eigenvalue weighted by Gasteiger charge is 2.51. The molecule has 1 unspecified atom stereocenters. The Morgan fingerprint density at radius 1 is 1.52 bits per heavy atom. The summed E-state index contributed by atoms with van der Waals surface area (Å²) in [6.45, 7) is 0. The Labute approximate surface area is 122 Å². The third-order valence-corrected chi connectivity index (χ3v) is 4.36. The zero-order valence-corrected chi connectivity index (χ0v) is 11.7. The van der Waals surface area contributed by atoms with Crippen molar-refractivity contribution in [2.45, 2.75) is 37.4 Å². The molecule has 1 heterocycles. The first-order valence-corrected chi connectivity index (χ1v) is 6.99. The van der Waals surface area contributed by atoms with Crippen LogP contribution in [0.3, 0.4) is 0 Å². The van der Waals surface area contributed by atoms with Crippen molar-refractivity contribution in [1.82, 2.24) is 0 Å². The average molecular weight is 291 g/mol. The fourth-order valence-corrected chi connectivity index (χ4v) is 3.44. The van der Waals surface area contributed by atoms with Crippen LogP contribution in [-0.4, -0.2) is 22.9 Å². The van der Waals surface area contributed by atoms with Gasteiger partial charge in [-0.2, -0.15) is 0 Å². The molecular weight excluding hydrogens is 274 g/mol. The number of aromatic hydroxyl groups is 1. The van der Waals surface area contributed by atoms with Gasteiger partial charge in [0.1, 0.15) is 11.5 Å². The molecule has 0 spiro atoms. The molecule has 1 N–H and O–H groups in total. The van der Waals surface area contributed by atoms with Crippen molar-refractivity contribution in [1.29, 1.82) is 0 Å². The Hall–Kier alpha value is -2.08. The number of hydrogen-bond donors (Lipinski definition) is 1. The maximum atomic E-state index is 10.6. The molecule has 1 saturated carbocycles. The molecule has 2 aliphatic rings. The lowest BCUT2D eigenvalue weighted by molar-refractivity contribution is -0.400. The second-order valence-corrected chi connectivity index (χ2v) is 5.43. The Balaban J connectivity index is 2.11. The van der Waals surface area contributed by atoms with Crippen molar-refractivity contribution in [2.24, 2.45) is 0 Å². The van der Waals surface area contributed by atoms with Crippen molar-refractivity contribution >= 4 is 6.08 Å². The number of phenols is 1. The van der Waals surface area contributed by atoms with Crippen LogP contribution >= 0.6 is 0 Å². The van der Waals surface area contributed by atoms with Gasteiger partial charge in [-0.3, -0.25) is 10.1 Å². The minimum absolute atomic E-state index is 0.00949. The van der Waals surface area contributed by atoms with Crippen molar-refractivity contribution in [3.63, 3.8) is 0 Å². The molecule has 1 fully saturated rings. The molecule has 2 atom stereocenters. The van der Waals surface area contributed by atoms with Gasteiger partial charge in [-0.05, 0) is 25.0 Å². The highest BCUT2D eigenvalue weighted by Crippen LogP contribution is 2.55. The number of phenolic OH excluding ortho intramolecular Hbond substituents is 1. The van der Waals surface area contributed by atoms with E-state index in [1.807, 2.05) is 0 Å².